The Morgan fingerprint density at radius 3 is 2.50 bits per heavy atom. The Balaban J connectivity index is 2.31. The van der Waals surface area contributed by atoms with Crippen molar-refractivity contribution in [2.75, 3.05) is 13.1 Å². The third-order valence-electron chi connectivity index (χ3n) is 2.66. The minimum Gasteiger partial charge on any atom is -0.367 e. The van der Waals surface area contributed by atoms with Crippen molar-refractivity contribution in [3.8, 4) is 0 Å². The zero-order valence-electron chi connectivity index (χ0n) is 11.0. The van der Waals surface area contributed by atoms with Gasteiger partial charge < -0.3 is 10.2 Å². The molecule has 1 rings (SSSR count). The molecule has 94 valence electrons. The highest BCUT2D eigenvalue weighted by molar-refractivity contribution is 5.75. The van der Waals surface area contributed by atoms with Crippen LogP contribution in [0.1, 0.15) is 41.0 Å². The molecular formula is C12H24N2O2. The van der Waals surface area contributed by atoms with Gasteiger partial charge in [-0.05, 0) is 27.2 Å². The lowest BCUT2D eigenvalue weighted by atomic mass is 9.97. The van der Waals surface area contributed by atoms with Crippen molar-refractivity contribution in [2.45, 2.75) is 53.1 Å². The first kappa shape index (κ1) is 13.5. The highest BCUT2D eigenvalue weighted by Gasteiger charge is 2.34. The maximum atomic E-state index is 11.7. The molecule has 0 aliphatic carbocycles. The maximum absolute atomic E-state index is 11.7. The van der Waals surface area contributed by atoms with E-state index in [4.69, 9.17) is 4.84 Å². The average molecular weight is 228 g/mol. The van der Waals surface area contributed by atoms with Gasteiger partial charge in [0.05, 0.1) is 11.5 Å². The van der Waals surface area contributed by atoms with Crippen molar-refractivity contribution in [1.29, 1.82) is 0 Å². The Labute approximate surface area is 98.3 Å². The van der Waals surface area contributed by atoms with Gasteiger partial charge in [0.25, 0.3) is 0 Å². The van der Waals surface area contributed by atoms with Gasteiger partial charge in [-0.15, -0.1) is 5.06 Å². The minimum atomic E-state index is -0.425. The van der Waals surface area contributed by atoms with Crippen LogP contribution in [0.25, 0.3) is 0 Å². The van der Waals surface area contributed by atoms with E-state index >= 15 is 0 Å². The molecule has 4 heteroatoms. The summed E-state index contributed by atoms with van der Waals surface area (Å²) in [6, 6.07) is 0.814. The van der Waals surface area contributed by atoms with Crippen LogP contribution in [0.3, 0.4) is 0 Å². The summed E-state index contributed by atoms with van der Waals surface area (Å²) in [4.78, 5) is 17.0. The smallest absolute Gasteiger partial charge is 0.330 e. The summed E-state index contributed by atoms with van der Waals surface area (Å²) in [5, 5.41) is 5.15. The molecule has 0 spiro atoms. The Morgan fingerprint density at radius 2 is 2.12 bits per heavy atom. The summed E-state index contributed by atoms with van der Waals surface area (Å²) in [6.45, 7) is 11.6. The number of nitrogens with zero attached hydrogens (tertiary/aromatic N) is 1. The first-order valence-electron chi connectivity index (χ1n) is 6.03. The molecule has 1 saturated heterocycles. The third kappa shape index (κ3) is 3.76. The van der Waals surface area contributed by atoms with E-state index in [-0.39, 0.29) is 5.97 Å². The molecule has 0 saturated carbocycles. The van der Waals surface area contributed by atoms with Gasteiger partial charge in [0, 0.05) is 19.1 Å². The van der Waals surface area contributed by atoms with Crippen molar-refractivity contribution in [3.05, 3.63) is 0 Å². The number of hydrogen-bond donors (Lipinski definition) is 1. The number of carbonyl (C=O) groups excluding carboxylic acids is 1. The summed E-state index contributed by atoms with van der Waals surface area (Å²) in [7, 11) is 0. The van der Waals surface area contributed by atoms with Gasteiger partial charge in [-0.1, -0.05) is 13.8 Å². The van der Waals surface area contributed by atoms with Gasteiger partial charge in [-0.2, -0.15) is 0 Å². The first-order chi connectivity index (χ1) is 7.30. The van der Waals surface area contributed by atoms with Gasteiger partial charge in [-0.25, -0.2) is 4.79 Å². The molecule has 0 amide bonds. The molecule has 16 heavy (non-hydrogen) atoms. The van der Waals surface area contributed by atoms with E-state index in [0.29, 0.717) is 12.1 Å². The number of hydroxylamine groups is 2. The lowest BCUT2D eigenvalue weighted by Crippen LogP contribution is -2.54. The van der Waals surface area contributed by atoms with E-state index in [0.717, 1.165) is 19.5 Å². The summed E-state index contributed by atoms with van der Waals surface area (Å²) in [5.41, 5.74) is -0.425. The van der Waals surface area contributed by atoms with Crippen molar-refractivity contribution in [3.63, 3.8) is 0 Å². The highest BCUT2D eigenvalue weighted by Crippen LogP contribution is 2.22. The van der Waals surface area contributed by atoms with Gasteiger partial charge in [0.2, 0.25) is 0 Å². The molecule has 1 atom stereocenters. The average Bonchev–Trinajstić information content (AvgIpc) is 2.10. The monoisotopic (exact) mass is 228 g/mol. The van der Waals surface area contributed by atoms with Crippen LogP contribution in [0.4, 0.5) is 0 Å². The second-order valence-electron chi connectivity index (χ2n) is 5.77. The molecule has 0 aromatic carbocycles. The van der Waals surface area contributed by atoms with Crippen LogP contribution < -0.4 is 5.32 Å². The van der Waals surface area contributed by atoms with Crippen molar-refractivity contribution >= 4 is 5.97 Å². The lowest BCUT2D eigenvalue weighted by Gasteiger charge is -2.40. The van der Waals surface area contributed by atoms with Crippen LogP contribution in [-0.4, -0.2) is 36.2 Å². The second kappa shape index (κ2) is 5.15. The standard InChI is InChI=1S/C12H24N2O2/c1-9(2)13-8-10-6-7-14(10)16-11(15)12(3,4)5/h9-10,13H,6-8H2,1-5H3. The van der Waals surface area contributed by atoms with Crippen LogP contribution in [0.5, 0.6) is 0 Å². The van der Waals surface area contributed by atoms with E-state index in [2.05, 4.69) is 19.2 Å². The van der Waals surface area contributed by atoms with Crippen molar-refractivity contribution in [2.24, 2.45) is 5.41 Å². The molecular weight excluding hydrogens is 204 g/mol. The molecule has 0 radical (unpaired) electrons. The first-order valence-corrected chi connectivity index (χ1v) is 6.03. The Hall–Kier alpha value is -0.610. The quantitative estimate of drug-likeness (QED) is 0.793. The molecule has 4 nitrogen and oxygen atoms in total. The number of carbonyl (C=O) groups is 1. The van der Waals surface area contributed by atoms with Gasteiger partial charge in [0.15, 0.2) is 0 Å². The van der Waals surface area contributed by atoms with Crippen LogP contribution in [-0.2, 0) is 9.63 Å². The predicted molar refractivity (Wildman–Crippen MR) is 63.8 cm³/mol. The van der Waals surface area contributed by atoms with Crippen molar-refractivity contribution in [1.82, 2.24) is 10.4 Å². The predicted octanol–water partition coefficient (Wildman–Crippen LogP) is 1.56. The van der Waals surface area contributed by atoms with Crippen LogP contribution in [0.15, 0.2) is 0 Å². The van der Waals surface area contributed by atoms with Crippen LogP contribution in [0, 0.1) is 5.41 Å². The SMILES string of the molecule is CC(C)NCC1CCN1OC(=O)C(C)(C)C. The van der Waals surface area contributed by atoms with E-state index in [1.165, 1.54) is 0 Å². The van der Waals surface area contributed by atoms with Gasteiger partial charge in [-0.3, -0.25) is 0 Å². The van der Waals surface area contributed by atoms with E-state index in [1.54, 1.807) is 5.06 Å². The molecule has 0 bridgehead atoms. The fourth-order valence-electron chi connectivity index (χ4n) is 1.36. The summed E-state index contributed by atoms with van der Waals surface area (Å²) in [6.07, 6.45) is 1.09. The van der Waals surface area contributed by atoms with E-state index < -0.39 is 5.41 Å². The molecule has 1 fully saturated rings. The number of rotatable bonds is 4. The summed E-state index contributed by atoms with van der Waals surface area (Å²) < 4.78 is 0. The largest absolute Gasteiger partial charge is 0.367 e. The Kier molecular flexibility index (Phi) is 4.33. The summed E-state index contributed by atoms with van der Waals surface area (Å²) >= 11 is 0. The highest BCUT2D eigenvalue weighted by atomic mass is 16.7. The topological polar surface area (TPSA) is 41.6 Å². The van der Waals surface area contributed by atoms with E-state index in [9.17, 15) is 4.79 Å². The number of nitrogens with one attached hydrogen (secondary N) is 1. The molecule has 1 aliphatic rings. The Bertz CT molecular complexity index is 246. The van der Waals surface area contributed by atoms with Crippen LogP contribution in [0.2, 0.25) is 0 Å². The van der Waals surface area contributed by atoms with Crippen molar-refractivity contribution < 1.29 is 9.63 Å². The minimum absolute atomic E-state index is 0.151. The zero-order chi connectivity index (χ0) is 12.3. The van der Waals surface area contributed by atoms with Crippen LogP contribution >= 0.6 is 0 Å². The normalized spacial score (nSPS) is 22.0. The summed E-state index contributed by atoms with van der Waals surface area (Å²) in [5.74, 6) is -0.151. The molecule has 1 aliphatic heterocycles. The molecule has 1 unspecified atom stereocenters. The zero-order valence-corrected chi connectivity index (χ0v) is 11.0. The van der Waals surface area contributed by atoms with Gasteiger partial charge in [0.1, 0.15) is 0 Å². The van der Waals surface area contributed by atoms with E-state index in [1.807, 2.05) is 20.8 Å². The van der Waals surface area contributed by atoms with Gasteiger partial charge >= 0.3 is 5.97 Å². The molecule has 1 N–H and O–H groups in total. The molecule has 1 heterocycles. The fraction of sp³-hybridized carbons (Fsp3) is 0.917. The third-order valence-corrected chi connectivity index (χ3v) is 2.66. The lowest BCUT2D eigenvalue weighted by molar-refractivity contribution is -0.235. The second-order valence-corrected chi connectivity index (χ2v) is 5.77. The molecule has 0 aromatic heterocycles. The maximum Gasteiger partial charge on any atom is 0.330 e. The Morgan fingerprint density at radius 1 is 1.50 bits per heavy atom. The molecule has 0 aromatic rings. The fourth-order valence-corrected chi connectivity index (χ4v) is 1.36. The number of hydrogen-bond acceptors (Lipinski definition) is 4.